The molecule has 108 valence electrons. The van der Waals surface area contributed by atoms with E-state index in [9.17, 15) is 4.79 Å². The van der Waals surface area contributed by atoms with E-state index in [4.69, 9.17) is 0 Å². The van der Waals surface area contributed by atoms with Crippen molar-refractivity contribution in [1.82, 2.24) is 4.90 Å². The van der Waals surface area contributed by atoms with Crippen molar-refractivity contribution < 1.29 is 4.79 Å². The predicted molar refractivity (Wildman–Crippen MR) is 85.5 cm³/mol. The highest BCUT2D eigenvalue weighted by Gasteiger charge is 2.29. The summed E-state index contributed by atoms with van der Waals surface area (Å²) in [6.45, 7) is 5.76. The van der Waals surface area contributed by atoms with Crippen LogP contribution in [0.4, 0.5) is 5.69 Å². The molecule has 1 atom stereocenters. The number of hydrogen-bond acceptors (Lipinski definition) is 3. The molecule has 1 amide bonds. The Hall–Kier alpha value is -1.16. The van der Waals surface area contributed by atoms with E-state index >= 15 is 0 Å². The topological polar surface area (TPSA) is 23.6 Å². The van der Waals surface area contributed by atoms with Gasteiger partial charge in [-0.05, 0) is 43.2 Å². The maximum Gasteiger partial charge on any atom is 0.235 e. The van der Waals surface area contributed by atoms with Crippen molar-refractivity contribution in [2.75, 3.05) is 36.8 Å². The normalized spacial score (nSPS) is 23.1. The first-order chi connectivity index (χ1) is 9.74. The Bertz CT molecular complexity index is 477. The van der Waals surface area contributed by atoms with Gasteiger partial charge in [-0.3, -0.25) is 4.79 Å². The van der Waals surface area contributed by atoms with Crippen LogP contribution < -0.4 is 4.90 Å². The highest BCUT2D eigenvalue weighted by atomic mass is 32.2. The summed E-state index contributed by atoms with van der Waals surface area (Å²) in [5.41, 5.74) is 2.58. The minimum Gasteiger partial charge on any atom is -0.368 e. The Morgan fingerprint density at radius 3 is 2.70 bits per heavy atom. The monoisotopic (exact) mass is 290 g/mol. The molecule has 20 heavy (non-hydrogen) atoms. The Kier molecular flexibility index (Phi) is 4.20. The average molecular weight is 290 g/mol. The van der Waals surface area contributed by atoms with Crippen LogP contribution in [0.5, 0.6) is 0 Å². The lowest BCUT2D eigenvalue weighted by Crippen LogP contribution is -2.50. The molecule has 1 unspecified atom stereocenters. The lowest BCUT2D eigenvalue weighted by atomic mass is 10.1. The third-order valence-corrected chi connectivity index (χ3v) is 5.53. The number of anilines is 1. The van der Waals surface area contributed by atoms with Crippen LogP contribution in [0.15, 0.2) is 24.3 Å². The second kappa shape index (κ2) is 6.08. The van der Waals surface area contributed by atoms with Crippen molar-refractivity contribution in [3.05, 3.63) is 29.8 Å². The molecule has 1 aromatic rings. The van der Waals surface area contributed by atoms with E-state index in [2.05, 4.69) is 41.0 Å². The first kappa shape index (κ1) is 13.8. The van der Waals surface area contributed by atoms with Gasteiger partial charge in [0, 0.05) is 31.9 Å². The fourth-order valence-electron chi connectivity index (χ4n) is 2.99. The van der Waals surface area contributed by atoms with E-state index in [0.717, 1.165) is 38.4 Å². The van der Waals surface area contributed by atoms with E-state index < -0.39 is 0 Å². The fourth-order valence-corrected chi connectivity index (χ4v) is 4.23. The van der Waals surface area contributed by atoms with E-state index in [0.29, 0.717) is 5.91 Å². The number of carbonyl (C=O) groups is 1. The van der Waals surface area contributed by atoms with Crippen molar-refractivity contribution in [2.24, 2.45) is 0 Å². The number of hydrogen-bond donors (Lipinski definition) is 0. The smallest absolute Gasteiger partial charge is 0.235 e. The van der Waals surface area contributed by atoms with Crippen LogP contribution in [-0.4, -0.2) is 48.0 Å². The van der Waals surface area contributed by atoms with Gasteiger partial charge in [0.25, 0.3) is 0 Å². The maximum atomic E-state index is 12.4. The van der Waals surface area contributed by atoms with E-state index in [-0.39, 0.29) is 5.25 Å². The molecule has 2 aliphatic rings. The van der Waals surface area contributed by atoms with Gasteiger partial charge in [0.2, 0.25) is 5.91 Å². The van der Waals surface area contributed by atoms with E-state index in [1.54, 1.807) is 0 Å². The summed E-state index contributed by atoms with van der Waals surface area (Å²) in [4.78, 5) is 16.8. The van der Waals surface area contributed by atoms with Crippen LogP contribution >= 0.6 is 11.8 Å². The maximum absolute atomic E-state index is 12.4. The summed E-state index contributed by atoms with van der Waals surface area (Å²) in [5, 5.41) is 0.237. The number of carbonyl (C=O) groups excluding carboxylic acids is 1. The molecule has 2 aliphatic heterocycles. The molecule has 2 saturated heterocycles. The number of rotatable bonds is 2. The number of amides is 1. The molecular formula is C16H22N2OS. The van der Waals surface area contributed by atoms with Crippen LogP contribution in [0.25, 0.3) is 0 Å². The number of aryl methyl sites for hydroxylation is 1. The molecule has 3 nitrogen and oxygen atoms in total. The van der Waals surface area contributed by atoms with Crippen molar-refractivity contribution in [2.45, 2.75) is 25.0 Å². The standard InChI is InChI=1S/C16H22N2OS/c1-13-4-2-5-14(12-13)17-7-9-18(10-8-17)16(19)15-6-3-11-20-15/h2,4-5,12,15H,3,6-11H2,1H3. The van der Waals surface area contributed by atoms with Crippen LogP contribution in [0, 0.1) is 6.92 Å². The predicted octanol–water partition coefficient (Wildman–Crippen LogP) is 2.54. The Balaban J connectivity index is 1.58. The van der Waals surface area contributed by atoms with Gasteiger partial charge in [-0.15, -0.1) is 11.8 Å². The summed E-state index contributed by atoms with van der Waals surface area (Å²) in [7, 11) is 0. The quantitative estimate of drug-likeness (QED) is 0.836. The third kappa shape index (κ3) is 2.95. The van der Waals surface area contributed by atoms with Crippen LogP contribution in [0.2, 0.25) is 0 Å². The SMILES string of the molecule is Cc1cccc(N2CCN(C(=O)C3CCCS3)CC2)c1. The minimum absolute atomic E-state index is 0.237. The Morgan fingerprint density at radius 2 is 2.05 bits per heavy atom. The largest absolute Gasteiger partial charge is 0.368 e. The second-order valence-electron chi connectivity index (χ2n) is 5.65. The highest BCUT2D eigenvalue weighted by molar-refractivity contribution is 8.00. The van der Waals surface area contributed by atoms with Crippen LogP contribution in [-0.2, 0) is 4.79 Å². The van der Waals surface area contributed by atoms with Crippen LogP contribution in [0.1, 0.15) is 18.4 Å². The highest BCUT2D eigenvalue weighted by Crippen LogP contribution is 2.28. The van der Waals surface area contributed by atoms with Gasteiger partial charge in [-0.25, -0.2) is 0 Å². The second-order valence-corrected chi connectivity index (χ2v) is 6.96. The Morgan fingerprint density at radius 1 is 1.25 bits per heavy atom. The van der Waals surface area contributed by atoms with Crippen molar-refractivity contribution in [3.63, 3.8) is 0 Å². The van der Waals surface area contributed by atoms with Gasteiger partial charge in [0.05, 0.1) is 5.25 Å². The third-order valence-electron chi connectivity index (χ3n) is 4.16. The molecule has 2 fully saturated rings. The number of benzene rings is 1. The zero-order chi connectivity index (χ0) is 13.9. The number of thioether (sulfide) groups is 1. The molecule has 2 heterocycles. The zero-order valence-electron chi connectivity index (χ0n) is 12.0. The average Bonchev–Trinajstić information content (AvgIpc) is 3.01. The van der Waals surface area contributed by atoms with Crippen LogP contribution in [0.3, 0.4) is 0 Å². The molecule has 0 radical (unpaired) electrons. The number of nitrogens with zero attached hydrogens (tertiary/aromatic N) is 2. The lowest BCUT2D eigenvalue weighted by Gasteiger charge is -2.37. The van der Waals surface area contributed by atoms with Crippen molar-refractivity contribution >= 4 is 23.4 Å². The summed E-state index contributed by atoms with van der Waals surface area (Å²) < 4.78 is 0. The van der Waals surface area contributed by atoms with Gasteiger partial charge >= 0.3 is 0 Å². The zero-order valence-corrected chi connectivity index (χ0v) is 12.9. The summed E-state index contributed by atoms with van der Waals surface area (Å²) >= 11 is 1.84. The molecule has 1 aromatic carbocycles. The summed E-state index contributed by atoms with van der Waals surface area (Å²) in [6, 6.07) is 8.62. The van der Waals surface area contributed by atoms with Gasteiger partial charge in [-0.1, -0.05) is 12.1 Å². The van der Waals surface area contributed by atoms with E-state index in [1.165, 1.54) is 17.7 Å². The molecule has 4 heteroatoms. The molecule has 0 saturated carbocycles. The molecule has 3 rings (SSSR count). The number of piperazine rings is 1. The first-order valence-corrected chi connectivity index (χ1v) is 8.51. The summed E-state index contributed by atoms with van der Waals surface area (Å²) in [5.74, 6) is 1.52. The molecule has 0 aliphatic carbocycles. The molecule has 0 aromatic heterocycles. The molecule has 0 N–H and O–H groups in total. The first-order valence-electron chi connectivity index (χ1n) is 7.46. The van der Waals surface area contributed by atoms with E-state index in [1.807, 2.05) is 11.8 Å². The fraction of sp³-hybridized carbons (Fsp3) is 0.562. The van der Waals surface area contributed by atoms with Crippen molar-refractivity contribution in [1.29, 1.82) is 0 Å². The van der Waals surface area contributed by atoms with Gasteiger partial charge in [0.15, 0.2) is 0 Å². The summed E-state index contributed by atoms with van der Waals surface area (Å²) in [6.07, 6.45) is 2.27. The van der Waals surface area contributed by atoms with Gasteiger partial charge in [-0.2, -0.15) is 0 Å². The molecular weight excluding hydrogens is 268 g/mol. The van der Waals surface area contributed by atoms with Gasteiger partial charge in [0.1, 0.15) is 0 Å². The minimum atomic E-state index is 0.237. The van der Waals surface area contributed by atoms with Crippen molar-refractivity contribution in [3.8, 4) is 0 Å². The van der Waals surface area contributed by atoms with Gasteiger partial charge < -0.3 is 9.80 Å². The Labute approximate surface area is 125 Å². The molecule has 0 bridgehead atoms. The lowest BCUT2D eigenvalue weighted by molar-refractivity contribution is -0.130. The molecule has 0 spiro atoms.